The Morgan fingerprint density at radius 2 is 1.81 bits per heavy atom. The molecule has 0 spiro atoms. The monoisotopic (exact) mass is 539 g/mol. The van der Waals surface area contributed by atoms with E-state index < -0.39 is 29.6 Å². The second-order valence-electron chi connectivity index (χ2n) is 8.66. The van der Waals surface area contributed by atoms with Gasteiger partial charge in [-0.25, -0.2) is 13.6 Å². The molecule has 202 valence electrons. The van der Waals surface area contributed by atoms with Gasteiger partial charge in [0, 0.05) is 43.9 Å². The SMILES string of the molecule is CCN(c1cc(F)c(C(COC)CC(=O)OC)cc1NC(=O)Nc1ccc(Cl)cc1F)C1CCOCC1. The summed E-state index contributed by atoms with van der Waals surface area (Å²) in [6.07, 6.45) is 1.38. The fraction of sp³-hybridized carbons (Fsp3) is 0.462. The minimum atomic E-state index is -0.723. The number of carbonyl (C=O) groups is 2. The van der Waals surface area contributed by atoms with Gasteiger partial charge in [-0.05, 0) is 55.7 Å². The number of hydrogen-bond acceptors (Lipinski definition) is 6. The Bertz CT molecular complexity index is 1100. The highest BCUT2D eigenvalue weighted by molar-refractivity contribution is 6.30. The van der Waals surface area contributed by atoms with Gasteiger partial charge in [-0.3, -0.25) is 4.79 Å². The van der Waals surface area contributed by atoms with Crippen molar-refractivity contribution < 1.29 is 32.6 Å². The highest BCUT2D eigenvalue weighted by Gasteiger charge is 2.27. The lowest BCUT2D eigenvalue weighted by molar-refractivity contribution is -0.141. The van der Waals surface area contributed by atoms with Crippen molar-refractivity contribution in [3.05, 3.63) is 52.6 Å². The van der Waals surface area contributed by atoms with Gasteiger partial charge in [-0.15, -0.1) is 0 Å². The Morgan fingerprint density at radius 1 is 1.11 bits per heavy atom. The summed E-state index contributed by atoms with van der Waals surface area (Å²) in [4.78, 5) is 26.9. The summed E-state index contributed by atoms with van der Waals surface area (Å²) >= 11 is 5.80. The zero-order chi connectivity index (χ0) is 26.9. The summed E-state index contributed by atoms with van der Waals surface area (Å²) in [7, 11) is 2.71. The number of halogens is 3. The number of methoxy groups -OCH3 is 2. The fourth-order valence-electron chi connectivity index (χ4n) is 4.46. The summed E-state index contributed by atoms with van der Waals surface area (Å²) < 4.78 is 45.3. The number of hydrogen-bond donors (Lipinski definition) is 2. The molecule has 1 unspecified atom stereocenters. The Morgan fingerprint density at radius 3 is 2.43 bits per heavy atom. The summed E-state index contributed by atoms with van der Waals surface area (Å²) in [6, 6.07) is 6.09. The highest BCUT2D eigenvalue weighted by Crippen LogP contribution is 2.36. The summed E-state index contributed by atoms with van der Waals surface area (Å²) in [5.41, 5.74) is 0.900. The van der Waals surface area contributed by atoms with Gasteiger partial charge in [0.15, 0.2) is 0 Å². The maximum Gasteiger partial charge on any atom is 0.323 e. The number of anilines is 3. The number of esters is 1. The molecule has 3 rings (SSSR count). The summed E-state index contributed by atoms with van der Waals surface area (Å²) in [6.45, 7) is 3.71. The number of urea groups is 1. The quantitative estimate of drug-likeness (QED) is 0.384. The minimum absolute atomic E-state index is 0.0600. The number of rotatable bonds is 10. The first-order valence-electron chi connectivity index (χ1n) is 12.0. The molecule has 8 nitrogen and oxygen atoms in total. The first kappa shape index (κ1) is 28.6. The lowest BCUT2D eigenvalue weighted by atomic mass is 9.94. The Labute approximate surface area is 220 Å². The highest BCUT2D eigenvalue weighted by atomic mass is 35.5. The molecule has 1 aliphatic rings. The zero-order valence-corrected chi connectivity index (χ0v) is 21.9. The average Bonchev–Trinajstić information content (AvgIpc) is 2.88. The minimum Gasteiger partial charge on any atom is -0.469 e. The molecule has 0 radical (unpaired) electrons. The summed E-state index contributed by atoms with van der Waals surface area (Å²) in [5.74, 6) is -2.41. The number of nitrogens with zero attached hydrogens (tertiary/aromatic N) is 1. The lowest BCUT2D eigenvalue weighted by Gasteiger charge is -2.36. The van der Waals surface area contributed by atoms with Crippen LogP contribution in [0.25, 0.3) is 0 Å². The van der Waals surface area contributed by atoms with Crippen LogP contribution < -0.4 is 15.5 Å². The van der Waals surface area contributed by atoms with Crippen LogP contribution in [0.15, 0.2) is 30.3 Å². The van der Waals surface area contributed by atoms with Crippen molar-refractivity contribution in [1.82, 2.24) is 0 Å². The maximum absolute atomic E-state index is 15.5. The van der Waals surface area contributed by atoms with Crippen LogP contribution in [0.3, 0.4) is 0 Å². The third-order valence-corrected chi connectivity index (χ3v) is 6.51. The van der Waals surface area contributed by atoms with E-state index in [2.05, 4.69) is 10.6 Å². The molecular weight excluding hydrogens is 508 g/mol. The third kappa shape index (κ3) is 7.53. The van der Waals surface area contributed by atoms with Gasteiger partial charge >= 0.3 is 12.0 Å². The van der Waals surface area contributed by atoms with Gasteiger partial charge in [0.1, 0.15) is 11.6 Å². The van der Waals surface area contributed by atoms with Gasteiger partial charge in [-0.2, -0.15) is 0 Å². The van der Waals surface area contributed by atoms with E-state index in [4.69, 9.17) is 25.8 Å². The van der Waals surface area contributed by atoms with Crippen molar-refractivity contribution in [3.8, 4) is 0 Å². The average molecular weight is 540 g/mol. The molecule has 2 aromatic rings. The van der Waals surface area contributed by atoms with Crippen LogP contribution >= 0.6 is 11.6 Å². The van der Waals surface area contributed by atoms with Gasteiger partial charge in [0.25, 0.3) is 0 Å². The van der Waals surface area contributed by atoms with E-state index in [1.165, 1.54) is 38.5 Å². The molecule has 37 heavy (non-hydrogen) atoms. The van der Waals surface area contributed by atoms with Crippen molar-refractivity contribution >= 4 is 40.7 Å². The molecule has 2 aromatic carbocycles. The zero-order valence-electron chi connectivity index (χ0n) is 21.1. The standard InChI is InChI=1S/C26H32ClF2N3O5/c1-4-32(18-7-9-37-10-8-18)24-14-20(28)19(16(15-35-2)11-25(33)36-3)13-23(24)31-26(34)30-22-6-5-17(27)12-21(22)29/h5-6,12-14,16,18H,4,7-11,15H2,1-3H3,(H2,30,31,34). The Kier molecular flexibility index (Phi) is 10.5. The van der Waals surface area contributed by atoms with E-state index in [0.717, 1.165) is 18.9 Å². The van der Waals surface area contributed by atoms with Crippen molar-refractivity contribution in [2.75, 3.05) is 56.1 Å². The van der Waals surface area contributed by atoms with Crippen LogP contribution in [0.2, 0.25) is 5.02 Å². The van der Waals surface area contributed by atoms with E-state index in [0.29, 0.717) is 31.1 Å². The first-order valence-corrected chi connectivity index (χ1v) is 12.4. The third-order valence-electron chi connectivity index (χ3n) is 6.27. The van der Waals surface area contributed by atoms with E-state index >= 15 is 4.39 Å². The van der Waals surface area contributed by atoms with Crippen LogP contribution in [-0.2, 0) is 19.0 Å². The maximum atomic E-state index is 15.5. The van der Waals surface area contributed by atoms with E-state index in [9.17, 15) is 14.0 Å². The summed E-state index contributed by atoms with van der Waals surface area (Å²) in [5, 5.41) is 5.40. The topological polar surface area (TPSA) is 89.1 Å². The van der Waals surface area contributed by atoms with Gasteiger partial charge in [0.2, 0.25) is 0 Å². The molecule has 2 amide bonds. The number of amides is 2. The number of ether oxygens (including phenoxy) is 3. The molecule has 1 atom stereocenters. The molecule has 1 aliphatic heterocycles. The van der Waals surface area contributed by atoms with Crippen molar-refractivity contribution in [1.29, 1.82) is 0 Å². The molecule has 0 aromatic heterocycles. The fourth-order valence-corrected chi connectivity index (χ4v) is 4.62. The predicted molar refractivity (Wildman–Crippen MR) is 139 cm³/mol. The molecule has 0 bridgehead atoms. The molecule has 1 fully saturated rings. The number of benzene rings is 2. The van der Waals surface area contributed by atoms with E-state index in [1.54, 1.807) is 0 Å². The molecule has 0 saturated carbocycles. The smallest absolute Gasteiger partial charge is 0.323 e. The van der Waals surface area contributed by atoms with Gasteiger partial charge in [0.05, 0.1) is 37.2 Å². The second kappa shape index (κ2) is 13.6. The van der Waals surface area contributed by atoms with Crippen LogP contribution in [0.5, 0.6) is 0 Å². The number of nitrogens with one attached hydrogen (secondary N) is 2. The predicted octanol–water partition coefficient (Wildman–Crippen LogP) is 5.56. The largest absolute Gasteiger partial charge is 0.469 e. The van der Waals surface area contributed by atoms with Crippen LogP contribution in [0.1, 0.15) is 37.7 Å². The molecule has 1 saturated heterocycles. The molecule has 0 aliphatic carbocycles. The molecule has 11 heteroatoms. The number of carbonyl (C=O) groups excluding carboxylic acids is 2. The first-order chi connectivity index (χ1) is 17.8. The van der Waals surface area contributed by atoms with Crippen molar-refractivity contribution in [2.24, 2.45) is 0 Å². The van der Waals surface area contributed by atoms with Crippen molar-refractivity contribution in [3.63, 3.8) is 0 Å². The normalized spacial score (nSPS) is 14.6. The van der Waals surface area contributed by atoms with E-state index in [1.807, 2.05) is 11.8 Å². The van der Waals surface area contributed by atoms with E-state index in [-0.39, 0.29) is 35.3 Å². The van der Waals surface area contributed by atoms with Gasteiger partial charge < -0.3 is 29.7 Å². The van der Waals surface area contributed by atoms with Crippen molar-refractivity contribution in [2.45, 2.75) is 38.1 Å². The van der Waals surface area contributed by atoms with Crippen LogP contribution in [0, 0.1) is 11.6 Å². The Hall–Kier alpha value is -2.95. The molecule has 1 heterocycles. The lowest BCUT2D eigenvalue weighted by Crippen LogP contribution is -2.40. The van der Waals surface area contributed by atoms with Crippen LogP contribution in [-0.4, -0.2) is 58.6 Å². The van der Waals surface area contributed by atoms with Gasteiger partial charge in [-0.1, -0.05) is 11.6 Å². The van der Waals surface area contributed by atoms with Crippen LogP contribution in [0.4, 0.5) is 30.6 Å². The Balaban J connectivity index is 2.00. The second-order valence-corrected chi connectivity index (χ2v) is 9.09. The molecule has 2 N–H and O–H groups in total. The molecular formula is C26H32ClF2N3O5.